The van der Waals surface area contributed by atoms with Crippen LogP contribution in [0.5, 0.6) is 0 Å². The zero-order chi connectivity index (χ0) is 16.5. The molecular weight excluding hydrogens is 304 g/mol. The molecule has 3 aromatic rings. The SMILES string of the molecule is Cc1ccncc1NC(=O)c1ccnn2c(NCC3CC3)cnc12. The van der Waals surface area contributed by atoms with E-state index in [0.717, 1.165) is 23.8 Å². The Bertz CT molecular complexity index is 899. The number of fused-ring (bicyclic) bond motifs is 1. The van der Waals surface area contributed by atoms with Crippen LogP contribution in [0.4, 0.5) is 11.5 Å². The van der Waals surface area contributed by atoms with Gasteiger partial charge >= 0.3 is 0 Å². The van der Waals surface area contributed by atoms with E-state index in [1.807, 2.05) is 13.0 Å². The van der Waals surface area contributed by atoms with Crippen LogP contribution in [0.3, 0.4) is 0 Å². The Kier molecular flexibility index (Phi) is 3.60. The summed E-state index contributed by atoms with van der Waals surface area (Å²) >= 11 is 0. The molecule has 0 unspecified atom stereocenters. The molecule has 1 amide bonds. The van der Waals surface area contributed by atoms with Crippen molar-refractivity contribution in [2.24, 2.45) is 5.92 Å². The summed E-state index contributed by atoms with van der Waals surface area (Å²) in [7, 11) is 0. The van der Waals surface area contributed by atoms with Crippen LogP contribution in [0.1, 0.15) is 28.8 Å². The minimum absolute atomic E-state index is 0.224. The van der Waals surface area contributed by atoms with Gasteiger partial charge in [-0.15, -0.1) is 0 Å². The molecule has 4 rings (SSSR count). The lowest BCUT2D eigenvalue weighted by Crippen LogP contribution is -2.15. The lowest BCUT2D eigenvalue weighted by Gasteiger charge is -2.08. The fourth-order valence-electron chi connectivity index (χ4n) is 2.55. The van der Waals surface area contributed by atoms with E-state index >= 15 is 0 Å². The number of anilines is 2. The number of carbonyl (C=O) groups is 1. The summed E-state index contributed by atoms with van der Waals surface area (Å²) in [5, 5.41) is 10.5. The van der Waals surface area contributed by atoms with Gasteiger partial charge in [0.05, 0.1) is 23.6 Å². The van der Waals surface area contributed by atoms with Crippen molar-refractivity contribution in [3.05, 3.63) is 48.0 Å². The molecule has 0 aromatic carbocycles. The molecule has 0 saturated heterocycles. The molecule has 3 heterocycles. The van der Waals surface area contributed by atoms with Crippen molar-refractivity contribution < 1.29 is 4.79 Å². The van der Waals surface area contributed by atoms with Crippen LogP contribution < -0.4 is 10.6 Å². The average Bonchev–Trinajstić information content (AvgIpc) is 3.33. The summed E-state index contributed by atoms with van der Waals surface area (Å²) in [5.41, 5.74) is 2.66. The van der Waals surface area contributed by atoms with Crippen molar-refractivity contribution in [3.63, 3.8) is 0 Å². The predicted octanol–water partition coefficient (Wildman–Crippen LogP) is 2.51. The van der Waals surface area contributed by atoms with Crippen molar-refractivity contribution in [2.75, 3.05) is 17.2 Å². The molecule has 2 N–H and O–H groups in total. The Morgan fingerprint density at radius 3 is 2.96 bits per heavy atom. The first kappa shape index (κ1) is 14.6. The third-order valence-corrected chi connectivity index (χ3v) is 4.20. The molecular formula is C17H18N6O. The average molecular weight is 322 g/mol. The molecule has 0 bridgehead atoms. The minimum Gasteiger partial charge on any atom is -0.368 e. The van der Waals surface area contributed by atoms with Crippen LogP contribution in [-0.2, 0) is 0 Å². The van der Waals surface area contributed by atoms with Crippen molar-refractivity contribution >= 4 is 23.1 Å². The van der Waals surface area contributed by atoms with Gasteiger partial charge in [0.1, 0.15) is 5.82 Å². The molecule has 1 fully saturated rings. The van der Waals surface area contributed by atoms with Gasteiger partial charge < -0.3 is 10.6 Å². The van der Waals surface area contributed by atoms with Gasteiger partial charge in [-0.25, -0.2) is 4.98 Å². The Morgan fingerprint density at radius 1 is 1.29 bits per heavy atom. The van der Waals surface area contributed by atoms with Crippen LogP contribution in [0.25, 0.3) is 5.65 Å². The highest BCUT2D eigenvalue weighted by Crippen LogP contribution is 2.29. The molecule has 0 spiro atoms. The van der Waals surface area contributed by atoms with Crippen molar-refractivity contribution in [1.29, 1.82) is 0 Å². The fourth-order valence-corrected chi connectivity index (χ4v) is 2.55. The van der Waals surface area contributed by atoms with E-state index in [2.05, 4.69) is 25.7 Å². The number of pyridine rings is 1. The number of aryl methyl sites for hydroxylation is 1. The number of carbonyl (C=O) groups excluding carboxylic acids is 1. The zero-order valence-corrected chi connectivity index (χ0v) is 13.4. The molecule has 122 valence electrons. The van der Waals surface area contributed by atoms with Gasteiger partial charge in [-0.2, -0.15) is 9.61 Å². The summed E-state index contributed by atoms with van der Waals surface area (Å²) in [6.45, 7) is 2.84. The highest BCUT2D eigenvalue weighted by atomic mass is 16.1. The molecule has 1 aliphatic carbocycles. The molecule has 0 atom stereocenters. The maximum Gasteiger partial charge on any atom is 0.259 e. The number of imidazole rings is 1. The Balaban J connectivity index is 1.61. The monoisotopic (exact) mass is 322 g/mol. The van der Waals surface area contributed by atoms with E-state index in [1.54, 1.807) is 35.4 Å². The van der Waals surface area contributed by atoms with Crippen LogP contribution in [0.15, 0.2) is 36.9 Å². The summed E-state index contributed by atoms with van der Waals surface area (Å²) in [6.07, 6.45) is 9.21. The summed E-state index contributed by atoms with van der Waals surface area (Å²) in [5.74, 6) is 1.33. The molecule has 0 aliphatic heterocycles. The lowest BCUT2D eigenvalue weighted by atomic mass is 10.2. The number of nitrogens with one attached hydrogen (secondary N) is 2. The third-order valence-electron chi connectivity index (χ3n) is 4.20. The topological polar surface area (TPSA) is 84.2 Å². The van der Waals surface area contributed by atoms with E-state index < -0.39 is 0 Å². The molecule has 7 heteroatoms. The Morgan fingerprint density at radius 2 is 2.17 bits per heavy atom. The maximum absolute atomic E-state index is 12.6. The molecule has 0 radical (unpaired) electrons. The van der Waals surface area contributed by atoms with E-state index in [4.69, 9.17) is 0 Å². The molecule has 1 aliphatic rings. The van der Waals surface area contributed by atoms with Crippen molar-refractivity contribution in [3.8, 4) is 0 Å². The normalized spacial score (nSPS) is 13.9. The van der Waals surface area contributed by atoms with Gasteiger partial charge in [-0.3, -0.25) is 9.78 Å². The van der Waals surface area contributed by atoms with Gasteiger partial charge in [0.15, 0.2) is 5.65 Å². The lowest BCUT2D eigenvalue weighted by molar-refractivity contribution is 0.102. The van der Waals surface area contributed by atoms with E-state index in [9.17, 15) is 4.79 Å². The standard InChI is InChI=1S/C17H18N6O/c1-11-4-6-18-9-14(11)22-17(24)13-5-7-21-23-15(10-20-16(13)23)19-8-12-2-3-12/h4-7,9-10,12,19H,2-3,8H2,1H3,(H,22,24). The minimum atomic E-state index is -0.224. The zero-order valence-electron chi connectivity index (χ0n) is 13.4. The summed E-state index contributed by atoms with van der Waals surface area (Å²) in [4.78, 5) is 21.0. The summed E-state index contributed by atoms with van der Waals surface area (Å²) in [6, 6.07) is 3.53. The van der Waals surface area contributed by atoms with Crippen LogP contribution in [-0.4, -0.2) is 32.0 Å². The first-order chi connectivity index (χ1) is 11.7. The number of aromatic nitrogens is 4. The van der Waals surface area contributed by atoms with E-state index in [0.29, 0.717) is 16.9 Å². The summed E-state index contributed by atoms with van der Waals surface area (Å²) < 4.78 is 1.67. The predicted molar refractivity (Wildman–Crippen MR) is 91.1 cm³/mol. The van der Waals surface area contributed by atoms with Gasteiger partial charge in [0.2, 0.25) is 0 Å². The second-order valence-electron chi connectivity index (χ2n) is 6.09. The van der Waals surface area contributed by atoms with E-state index in [1.165, 1.54) is 12.8 Å². The molecule has 7 nitrogen and oxygen atoms in total. The van der Waals surface area contributed by atoms with Crippen molar-refractivity contribution in [2.45, 2.75) is 19.8 Å². The highest BCUT2D eigenvalue weighted by Gasteiger charge is 2.22. The third kappa shape index (κ3) is 2.80. The second kappa shape index (κ2) is 5.92. The maximum atomic E-state index is 12.6. The molecule has 24 heavy (non-hydrogen) atoms. The van der Waals surface area contributed by atoms with Crippen LogP contribution >= 0.6 is 0 Å². The largest absolute Gasteiger partial charge is 0.368 e. The van der Waals surface area contributed by atoms with E-state index in [-0.39, 0.29) is 5.91 Å². The van der Waals surface area contributed by atoms with Gasteiger partial charge in [-0.1, -0.05) is 0 Å². The molecule has 1 saturated carbocycles. The van der Waals surface area contributed by atoms with Crippen molar-refractivity contribution in [1.82, 2.24) is 19.6 Å². The highest BCUT2D eigenvalue weighted by molar-refractivity contribution is 6.08. The molecule has 3 aromatic heterocycles. The van der Waals surface area contributed by atoms with Gasteiger partial charge in [-0.05, 0) is 43.4 Å². The number of nitrogens with zero attached hydrogens (tertiary/aromatic N) is 4. The Labute approximate surface area is 139 Å². The smallest absolute Gasteiger partial charge is 0.259 e. The van der Waals surface area contributed by atoms with Crippen LogP contribution in [0.2, 0.25) is 0 Å². The quantitative estimate of drug-likeness (QED) is 0.754. The van der Waals surface area contributed by atoms with Gasteiger partial charge in [0, 0.05) is 18.9 Å². The Hall–Kier alpha value is -2.96. The van der Waals surface area contributed by atoms with Crippen LogP contribution in [0, 0.1) is 12.8 Å². The second-order valence-corrected chi connectivity index (χ2v) is 6.09. The number of rotatable bonds is 5. The van der Waals surface area contributed by atoms with Gasteiger partial charge in [0.25, 0.3) is 5.91 Å². The number of hydrogen-bond donors (Lipinski definition) is 2. The number of hydrogen-bond acceptors (Lipinski definition) is 5. The number of amides is 1. The fraction of sp³-hybridized carbons (Fsp3) is 0.294. The first-order valence-corrected chi connectivity index (χ1v) is 8.01. The first-order valence-electron chi connectivity index (χ1n) is 8.01.